The zero-order chi connectivity index (χ0) is 17.4. The molecule has 0 radical (unpaired) electrons. The zero-order valence-electron chi connectivity index (χ0n) is 13.5. The minimum atomic E-state index is -0.685. The van der Waals surface area contributed by atoms with Gasteiger partial charge in [-0.2, -0.15) is 0 Å². The first-order valence-electron chi connectivity index (χ1n) is 7.86. The van der Waals surface area contributed by atoms with Gasteiger partial charge in [0, 0.05) is 12.1 Å². The van der Waals surface area contributed by atoms with Gasteiger partial charge in [0.25, 0.3) is 0 Å². The van der Waals surface area contributed by atoms with E-state index in [1.54, 1.807) is 44.2 Å². The summed E-state index contributed by atoms with van der Waals surface area (Å²) in [4.78, 5) is 24.9. The van der Waals surface area contributed by atoms with Crippen molar-refractivity contribution in [2.24, 2.45) is 0 Å². The lowest BCUT2D eigenvalue weighted by atomic mass is 10.0. The molecule has 1 aliphatic rings. The molecular formula is C18H19NO5. The monoisotopic (exact) mass is 329 g/mol. The Hall–Kier alpha value is -2.76. The van der Waals surface area contributed by atoms with Gasteiger partial charge in [-0.05, 0) is 20.3 Å². The van der Waals surface area contributed by atoms with Crippen molar-refractivity contribution in [1.29, 1.82) is 0 Å². The van der Waals surface area contributed by atoms with E-state index in [0.29, 0.717) is 18.5 Å². The lowest BCUT2D eigenvalue weighted by Crippen LogP contribution is -2.18. The van der Waals surface area contributed by atoms with Crippen LogP contribution in [0.1, 0.15) is 47.9 Å². The Bertz CT molecular complexity index is 791. The van der Waals surface area contributed by atoms with Crippen LogP contribution in [0.4, 0.5) is 0 Å². The Labute approximate surface area is 139 Å². The van der Waals surface area contributed by atoms with Gasteiger partial charge in [0.2, 0.25) is 5.78 Å². The van der Waals surface area contributed by atoms with E-state index in [1.807, 2.05) is 0 Å². The lowest BCUT2D eigenvalue weighted by Gasteiger charge is -2.12. The minimum absolute atomic E-state index is 0.00791. The third-order valence-corrected chi connectivity index (χ3v) is 4.11. The SMILES string of the molecule is CC(C)OC(=O)C1CCn2c(C(=O)c3ccccc3)c(O)c(O)c21. The van der Waals surface area contributed by atoms with Gasteiger partial charge in [0.1, 0.15) is 11.6 Å². The molecule has 0 saturated carbocycles. The van der Waals surface area contributed by atoms with Crippen molar-refractivity contribution in [3.8, 4) is 11.5 Å². The fraction of sp³-hybridized carbons (Fsp3) is 0.333. The zero-order valence-corrected chi connectivity index (χ0v) is 13.5. The number of ether oxygens (including phenoxy) is 1. The maximum absolute atomic E-state index is 12.7. The highest BCUT2D eigenvalue weighted by Gasteiger charge is 2.39. The van der Waals surface area contributed by atoms with Crippen LogP contribution in [0.5, 0.6) is 11.5 Å². The number of benzene rings is 1. The largest absolute Gasteiger partial charge is 0.503 e. The lowest BCUT2D eigenvalue weighted by molar-refractivity contribution is -0.149. The highest BCUT2D eigenvalue weighted by Crippen LogP contribution is 2.46. The van der Waals surface area contributed by atoms with Crippen molar-refractivity contribution < 1.29 is 24.5 Å². The molecule has 0 saturated heterocycles. The van der Waals surface area contributed by atoms with Crippen LogP contribution in [0, 0.1) is 0 Å². The molecule has 2 heterocycles. The quantitative estimate of drug-likeness (QED) is 0.665. The molecule has 24 heavy (non-hydrogen) atoms. The van der Waals surface area contributed by atoms with E-state index in [0.717, 1.165) is 0 Å². The second-order valence-electron chi connectivity index (χ2n) is 6.10. The van der Waals surface area contributed by atoms with Crippen LogP contribution in [0.3, 0.4) is 0 Å². The summed E-state index contributed by atoms with van der Waals surface area (Å²) in [7, 11) is 0. The molecule has 6 heteroatoms. The minimum Gasteiger partial charge on any atom is -0.503 e. The normalized spacial score (nSPS) is 16.2. The Morgan fingerprint density at radius 2 is 1.83 bits per heavy atom. The maximum Gasteiger partial charge on any atom is 0.315 e. The highest BCUT2D eigenvalue weighted by atomic mass is 16.5. The van der Waals surface area contributed by atoms with Crippen LogP contribution in [-0.2, 0) is 16.1 Å². The third kappa shape index (κ3) is 2.54. The summed E-state index contributed by atoms with van der Waals surface area (Å²) in [5.74, 6) is -2.45. The number of nitrogens with zero attached hydrogens (tertiary/aromatic N) is 1. The fourth-order valence-electron chi connectivity index (χ4n) is 3.09. The number of carbonyl (C=O) groups excluding carboxylic acids is 2. The topological polar surface area (TPSA) is 88.8 Å². The first-order valence-corrected chi connectivity index (χ1v) is 7.86. The predicted molar refractivity (Wildman–Crippen MR) is 86.2 cm³/mol. The molecule has 0 amide bonds. The van der Waals surface area contributed by atoms with Crippen LogP contribution >= 0.6 is 0 Å². The number of aromatic nitrogens is 1. The first-order chi connectivity index (χ1) is 11.4. The van der Waals surface area contributed by atoms with Crippen molar-refractivity contribution >= 4 is 11.8 Å². The summed E-state index contributed by atoms with van der Waals surface area (Å²) in [6.45, 7) is 3.84. The maximum atomic E-state index is 12.7. The average Bonchev–Trinajstić information content (AvgIpc) is 3.07. The number of rotatable bonds is 4. The Kier molecular flexibility index (Phi) is 4.05. The van der Waals surface area contributed by atoms with Crippen molar-refractivity contribution in [1.82, 2.24) is 4.57 Å². The smallest absolute Gasteiger partial charge is 0.315 e. The average molecular weight is 329 g/mol. The molecule has 1 aliphatic heterocycles. The molecule has 2 N–H and O–H groups in total. The number of ketones is 1. The van der Waals surface area contributed by atoms with E-state index in [-0.39, 0.29) is 17.5 Å². The summed E-state index contributed by atoms with van der Waals surface area (Å²) in [5.41, 5.74) is 0.660. The van der Waals surface area contributed by atoms with E-state index >= 15 is 0 Å². The second kappa shape index (κ2) is 6.03. The van der Waals surface area contributed by atoms with Crippen molar-refractivity contribution in [3.63, 3.8) is 0 Å². The summed E-state index contributed by atoms with van der Waals surface area (Å²) in [6, 6.07) is 8.51. The number of hydrogen-bond acceptors (Lipinski definition) is 5. The van der Waals surface area contributed by atoms with Crippen LogP contribution in [0.25, 0.3) is 0 Å². The highest BCUT2D eigenvalue weighted by molar-refractivity contribution is 6.10. The van der Waals surface area contributed by atoms with Gasteiger partial charge in [-0.3, -0.25) is 9.59 Å². The molecule has 1 atom stereocenters. The Morgan fingerprint density at radius 3 is 2.46 bits per heavy atom. The van der Waals surface area contributed by atoms with E-state index in [2.05, 4.69) is 0 Å². The van der Waals surface area contributed by atoms with Crippen LogP contribution in [0.15, 0.2) is 30.3 Å². The molecule has 1 unspecified atom stereocenters. The van der Waals surface area contributed by atoms with Crippen molar-refractivity contribution in [3.05, 3.63) is 47.3 Å². The molecule has 0 aliphatic carbocycles. The van der Waals surface area contributed by atoms with Gasteiger partial charge in [0.05, 0.1) is 11.8 Å². The first kappa shape index (κ1) is 16.1. The van der Waals surface area contributed by atoms with Gasteiger partial charge in [-0.25, -0.2) is 0 Å². The van der Waals surface area contributed by atoms with Crippen LogP contribution in [-0.4, -0.2) is 32.6 Å². The van der Waals surface area contributed by atoms with Crippen LogP contribution in [0.2, 0.25) is 0 Å². The number of aromatic hydroxyl groups is 2. The van der Waals surface area contributed by atoms with Crippen LogP contribution < -0.4 is 0 Å². The predicted octanol–water partition coefficient (Wildman–Crippen LogP) is 2.57. The molecule has 0 fully saturated rings. The van der Waals surface area contributed by atoms with Gasteiger partial charge in [0.15, 0.2) is 11.5 Å². The van der Waals surface area contributed by atoms with Gasteiger partial charge in [-0.1, -0.05) is 30.3 Å². The molecule has 0 bridgehead atoms. The molecule has 6 nitrogen and oxygen atoms in total. The Morgan fingerprint density at radius 1 is 1.17 bits per heavy atom. The van der Waals surface area contributed by atoms with E-state index in [4.69, 9.17) is 4.74 Å². The molecule has 1 aromatic heterocycles. The number of fused-ring (bicyclic) bond motifs is 1. The van der Waals surface area contributed by atoms with Gasteiger partial charge < -0.3 is 19.5 Å². The standard InChI is InChI=1S/C18H19NO5/c1-10(2)24-18(23)12-8-9-19-13(12)16(21)17(22)14(19)15(20)11-6-4-3-5-7-11/h3-7,10,12,21-22H,8-9H2,1-2H3. The molecule has 126 valence electrons. The van der Waals surface area contributed by atoms with E-state index in [1.165, 1.54) is 4.57 Å². The summed E-state index contributed by atoms with van der Waals surface area (Å²) < 4.78 is 6.73. The molecule has 1 aromatic carbocycles. The molecule has 2 aromatic rings. The molecular weight excluding hydrogens is 310 g/mol. The van der Waals surface area contributed by atoms with E-state index < -0.39 is 29.2 Å². The number of hydrogen-bond donors (Lipinski definition) is 2. The number of carbonyl (C=O) groups is 2. The molecule has 0 spiro atoms. The summed E-state index contributed by atoms with van der Waals surface area (Å²) in [6.07, 6.45) is 0.145. The van der Waals surface area contributed by atoms with E-state index in [9.17, 15) is 19.8 Å². The Balaban J connectivity index is 2.02. The van der Waals surface area contributed by atoms with Gasteiger partial charge >= 0.3 is 5.97 Å². The fourth-order valence-corrected chi connectivity index (χ4v) is 3.09. The second-order valence-corrected chi connectivity index (χ2v) is 6.10. The summed E-state index contributed by atoms with van der Waals surface area (Å²) >= 11 is 0. The number of esters is 1. The van der Waals surface area contributed by atoms with Gasteiger partial charge in [-0.15, -0.1) is 0 Å². The van der Waals surface area contributed by atoms with Crippen molar-refractivity contribution in [2.75, 3.05) is 0 Å². The van der Waals surface area contributed by atoms with Crippen molar-refractivity contribution in [2.45, 2.75) is 38.8 Å². The summed E-state index contributed by atoms with van der Waals surface area (Å²) in [5, 5.41) is 20.5. The third-order valence-electron chi connectivity index (χ3n) is 4.11. The molecule has 3 rings (SSSR count).